The zero-order chi connectivity index (χ0) is 16.8. The predicted molar refractivity (Wildman–Crippen MR) is 86.8 cm³/mol. The summed E-state index contributed by atoms with van der Waals surface area (Å²) < 4.78 is 13.6. The quantitative estimate of drug-likeness (QED) is 0.851. The van der Waals surface area contributed by atoms with E-state index in [1.807, 2.05) is 6.07 Å². The fourth-order valence-electron chi connectivity index (χ4n) is 2.15. The molecule has 0 saturated carbocycles. The van der Waals surface area contributed by atoms with Gasteiger partial charge in [-0.1, -0.05) is 29.8 Å². The number of nitrogens with two attached hydrogens (primary N) is 1. The summed E-state index contributed by atoms with van der Waals surface area (Å²) >= 11 is 5.89. The lowest BCUT2D eigenvalue weighted by Crippen LogP contribution is -2.27. The molecule has 0 heterocycles. The maximum atomic E-state index is 13.6. The molecule has 0 atom stereocenters. The molecule has 23 heavy (non-hydrogen) atoms. The van der Waals surface area contributed by atoms with Crippen LogP contribution in [0.4, 0.5) is 4.39 Å². The molecule has 0 unspecified atom stereocenters. The van der Waals surface area contributed by atoms with Crippen LogP contribution >= 0.6 is 11.6 Å². The van der Waals surface area contributed by atoms with Crippen molar-refractivity contribution in [1.29, 1.82) is 0 Å². The first-order valence-electron chi connectivity index (χ1n) is 7.05. The van der Waals surface area contributed by atoms with Crippen molar-refractivity contribution in [2.75, 3.05) is 6.54 Å². The number of benzene rings is 2. The van der Waals surface area contributed by atoms with E-state index in [1.54, 1.807) is 24.3 Å². The van der Waals surface area contributed by atoms with E-state index in [0.29, 0.717) is 18.5 Å². The van der Waals surface area contributed by atoms with E-state index in [1.165, 1.54) is 12.1 Å². The Balaban J connectivity index is 1.88. The van der Waals surface area contributed by atoms with E-state index in [-0.39, 0.29) is 22.9 Å². The summed E-state index contributed by atoms with van der Waals surface area (Å²) in [6, 6.07) is 11.2. The minimum atomic E-state index is -0.498. The molecule has 0 aromatic heterocycles. The molecule has 0 aliphatic rings. The van der Waals surface area contributed by atoms with Crippen molar-refractivity contribution in [2.45, 2.75) is 12.8 Å². The molecule has 2 amide bonds. The molecule has 0 spiro atoms. The number of carbonyl (C=O) groups is 2. The van der Waals surface area contributed by atoms with Crippen LogP contribution in [0, 0.1) is 5.82 Å². The van der Waals surface area contributed by atoms with E-state index < -0.39 is 11.7 Å². The number of carbonyl (C=O) groups excluding carboxylic acids is 2. The molecular formula is C17H16ClFN2O2. The first kappa shape index (κ1) is 17.0. The molecule has 2 aromatic carbocycles. The molecular weight excluding hydrogens is 319 g/mol. The molecule has 0 fully saturated rings. The molecule has 6 heteroatoms. The Morgan fingerprint density at radius 3 is 2.61 bits per heavy atom. The maximum Gasteiger partial charge on any atom is 0.248 e. The van der Waals surface area contributed by atoms with Crippen molar-refractivity contribution in [2.24, 2.45) is 5.73 Å². The van der Waals surface area contributed by atoms with Crippen LogP contribution < -0.4 is 11.1 Å². The first-order chi connectivity index (χ1) is 11.0. The van der Waals surface area contributed by atoms with Crippen molar-refractivity contribution < 1.29 is 14.0 Å². The lowest BCUT2D eigenvalue weighted by atomic mass is 10.1. The highest BCUT2D eigenvalue weighted by molar-refractivity contribution is 6.31. The highest BCUT2D eigenvalue weighted by atomic mass is 35.5. The second kappa shape index (κ2) is 7.74. The SMILES string of the molecule is NC(=O)c1cccc(CCNC(=O)Cc2c(F)cccc2Cl)c1. The number of primary amides is 1. The van der Waals surface area contributed by atoms with Gasteiger partial charge in [0.1, 0.15) is 5.82 Å². The van der Waals surface area contributed by atoms with Crippen molar-refractivity contribution >= 4 is 23.4 Å². The molecule has 0 bridgehead atoms. The highest BCUT2D eigenvalue weighted by Gasteiger charge is 2.11. The number of hydrogen-bond acceptors (Lipinski definition) is 2. The second-order valence-corrected chi connectivity index (χ2v) is 5.45. The van der Waals surface area contributed by atoms with Gasteiger partial charge in [0.25, 0.3) is 0 Å². The number of nitrogens with one attached hydrogen (secondary N) is 1. The molecule has 0 aliphatic heterocycles. The smallest absolute Gasteiger partial charge is 0.248 e. The van der Waals surface area contributed by atoms with E-state index >= 15 is 0 Å². The minimum Gasteiger partial charge on any atom is -0.366 e. The molecule has 3 N–H and O–H groups in total. The third-order valence-corrected chi connectivity index (χ3v) is 3.70. The van der Waals surface area contributed by atoms with Crippen molar-refractivity contribution in [3.8, 4) is 0 Å². The van der Waals surface area contributed by atoms with E-state index in [2.05, 4.69) is 5.32 Å². The highest BCUT2D eigenvalue weighted by Crippen LogP contribution is 2.19. The van der Waals surface area contributed by atoms with Gasteiger partial charge in [0.2, 0.25) is 11.8 Å². The molecule has 0 aliphatic carbocycles. The Bertz CT molecular complexity index is 714. The van der Waals surface area contributed by atoms with Crippen LogP contribution in [-0.4, -0.2) is 18.4 Å². The van der Waals surface area contributed by atoms with E-state index in [9.17, 15) is 14.0 Å². The Labute approximate surface area is 138 Å². The molecule has 2 aromatic rings. The fourth-order valence-corrected chi connectivity index (χ4v) is 2.38. The summed E-state index contributed by atoms with van der Waals surface area (Å²) in [5, 5.41) is 2.93. The topological polar surface area (TPSA) is 72.2 Å². The van der Waals surface area contributed by atoms with Gasteiger partial charge < -0.3 is 11.1 Å². The van der Waals surface area contributed by atoms with Crippen molar-refractivity contribution in [3.05, 3.63) is 70.0 Å². The van der Waals surface area contributed by atoms with Crippen LogP contribution in [0.15, 0.2) is 42.5 Å². The Morgan fingerprint density at radius 1 is 1.17 bits per heavy atom. The summed E-state index contributed by atoms with van der Waals surface area (Å²) in [5.41, 5.74) is 6.70. The molecule has 4 nitrogen and oxygen atoms in total. The van der Waals surface area contributed by atoms with Gasteiger partial charge in [-0.15, -0.1) is 0 Å². The van der Waals surface area contributed by atoms with Crippen LogP contribution in [0.5, 0.6) is 0 Å². The summed E-state index contributed by atoms with van der Waals surface area (Å²) in [7, 11) is 0. The summed E-state index contributed by atoms with van der Waals surface area (Å²) in [6.07, 6.45) is 0.421. The van der Waals surface area contributed by atoms with Crippen molar-refractivity contribution in [1.82, 2.24) is 5.32 Å². The Kier molecular flexibility index (Phi) is 5.71. The first-order valence-corrected chi connectivity index (χ1v) is 7.43. The second-order valence-electron chi connectivity index (χ2n) is 5.04. The van der Waals surface area contributed by atoms with E-state index in [4.69, 9.17) is 17.3 Å². The van der Waals surface area contributed by atoms with Gasteiger partial charge in [0, 0.05) is 22.7 Å². The minimum absolute atomic E-state index is 0.118. The van der Waals surface area contributed by atoms with E-state index in [0.717, 1.165) is 5.56 Å². The summed E-state index contributed by atoms with van der Waals surface area (Å²) in [4.78, 5) is 23.0. The van der Waals surface area contributed by atoms with Crippen LogP contribution in [0.25, 0.3) is 0 Å². The van der Waals surface area contributed by atoms with Gasteiger partial charge in [0.05, 0.1) is 6.42 Å². The monoisotopic (exact) mass is 334 g/mol. The molecule has 2 rings (SSSR count). The number of rotatable bonds is 6. The summed E-state index contributed by atoms with van der Waals surface area (Å²) in [5.74, 6) is -1.31. The molecule has 0 saturated heterocycles. The predicted octanol–water partition coefficient (Wildman–Crippen LogP) is 2.48. The molecule has 0 radical (unpaired) electrons. The van der Waals surface area contributed by atoms with Crippen LogP contribution in [0.2, 0.25) is 5.02 Å². The summed E-state index contributed by atoms with van der Waals surface area (Å²) in [6.45, 7) is 0.368. The normalized spacial score (nSPS) is 10.3. The van der Waals surface area contributed by atoms with Gasteiger partial charge >= 0.3 is 0 Å². The lowest BCUT2D eigenvalue weighted by molar-refractivity contribution is -0.120. The third-order valence-electron chi connectivity index (χ3n) is 3.35. The third kappa shape index (κ3) is 4.79. The van der Waals surface area contributed by atoms with Gasteiger partial charge in [-0.25, -0.2) is 4.39 Å². The van der Waals surface area contributed by atoms with Crippen LogP contribution in [0.3, 0.4) is 0 Å². The average molecular weight is 335 g/mol. The largest absolute Gasteiger partial charge is 0.366 e. The lowest BCUT2D eigenvalue weighted by Gasteiger charge is -2.08. The molecule has 120 valence electrons. The number of hydrogen-bond donors (Lipinski definition) is 2. The van der Waals surface area contributed by atoms with Crippen LogP contribution in [-0.2, 0) is 17.6 Å². The van der Waals surface area contributed by atoms with Gasteiger partial charge in [-0.05, 0) is 36.2 Å². The van der Waals surface area contributed by atoms with Crippen molar-refractivity contribution in [3.63, 3.8) is 0 Å². The Morgan fingerprint density at radius 2 is 1.91 bits per heavy atom. The maximum absolute atomic E-state index is 13.6. The number of halogens is 2. The standard InChI is InChI=1S/C17H16ClFN2O2/c18-14-5-2-6-15(19)13(14)10-16(22)21-8-7-11-3-1-4-12(9-11)17(20)23/h1-6,9H,7-8,10H2,(H2,20,23)(H,21,22). The van der Waals surface area contributed by atoms with Gasteiger partial charge in [-0.2, -0.15) is 0 Å². The Hall–Kier alpha value is -2.40. The number of amides is 2. The van der Waals surface area contributed by atoms with Crippen LogP contribution in [0.1, 0.15) is 21.5 Å². The zero-order valence-corrected chi connectivity index (χ0v) is 13.1. The van der Waals surface area contributed by atoms with Gasteiger partial charge in [0.15, 0.2) is 0 Å². The zero-order valence-electron chi connectivity index (χ0n) is 12.3. The average Bonchev–Trinajstić information content (AvgIpc) is 2.51. The van der Waals surface area contributed by atoms with Gasteiger partial charge in [-0.3, -0.25) is 9.59 Å². The fraction of sp³-hybridized carbons (Fsp3) is 0.176.